The Labute approximate surface area is 106 Å². The number of carbonyl (C=O) groups is 5. The van der Waals surface area contributed by atoms with Crippen molar-refractivity contribution in [2.75, 3.05) is 7.11 Å². The summed E-state index contributed by atoms with van der Waals surface area (Å²) in [5.41, 5.74) is -0.0261. The molecule has 0 aromatic heterocycles. The van der Waals surface area contributed by atoms with Crippen molar-refractivity contribution < 1.29 is 28.7 Å². The highest BCUT2D eigenvalue weighted by Crippen LogP contribution is 2.23. The maximum absolute atomic E-state index is 11.9. The standard InChI is InChI=1S/C12H7NO6/c1-19-12(18)13-10(16)5-7(11(13)17)6-2-3-8(14)9(15)4-6/h2-5H,1H3. The van der Waals surface area contributed by atoms with E-state index in [0.717, 1.165) is 25.3 Å². The number of hydrogen-bond acceptors (Lipinski definition) is 6. The smallest absolute Gasteiger partial charge is 0.423 e. The molecule has 0 atom stereocenters. The van der Waals surface area contributed by atoms with Gasteiger partial charge in [-0.15, -0.1) is 0 Å². The Hall–Kier alpha value is -2.83. The SMILES string of the molecule is COC(=O)N1C(=O)C=C(C2=CC(=O)C(=O)C=C2)C1=O. The number of ketones is 2. The van der Waals surface area contributed by atoms with E-state index in [4.69, 9.17) is 0 Å². The van der Waals surface area contributed by atoms with Gasteiger partial charge in [0.1, 0.15) is 0 Å². The average Bonchev–Trinajstić information content (AvgIpc) is 2.67. The van der Waals surface area contributed by atoms with Crippen molar-refractivity contribution >= 4 is 29.5 Å². The molecule has 0 bridgehead atoms. The van der Waals surface area contributed by atoms with Crippen molar-refractivity contribution in [2.24, 2.45) is 0 Å². The molecule has 3 amide bonds. The van der Waals surface area contributed by atoms with Crippen LogP contribution in [0, 0.1) is 0 Å². The van der Waals surface area contributed by atoms with Gasteiger partial charge in [0.2, 0.25) is 11.6 Å². The van der Waals surface area contributed by atoms with Crippen LogP contribution in [0.3, 0.4) is 0 Å². The lowest BCUT2D eigenvalue weighted by molar-refractivity contribution is -0.134. The second kappa shape index (κ2) is 4.45. The molecule has 7 heteroatoms. The van der Waals surface area contributed by atoms with Gasteiger partial charge in [-0.25, -0.2) is 4.79 Å². The number of rotatable bonds is 1. The quantitative estimate of drug-likeness (QED) is 0.364. The second-order valence-electron chi connectivity index (χ2n) is 3.67. The third-order valence-electron chi connectivity index (χ3n) is 2.53. The zero-order valence-electron chi connectivity index (χ0n) is 9.71. The number of methoxy groups -OCH3 is 1. The Bertz CT molecular complexity index is 622. The molecular weight excluding hydrogens is 254 g/mol. The minimum absolute atomic E-state index is 0.106. The average molecular weight is 261 g/mol. The van der Waals surface area contributed by atoms with E-state index in [1.807, 2.05) is 0 Å². The normalized spacial score (nSPS) is 18.7. The molecule has 0 fully saturated rings. The van der Waals surface area contributed by atoms with Crippen LogP contribution in [0.15, 0.2) is 35.5 Å². The third-order valence-corrected chi connectivity index (χ3v) is 2.53. The number of allylic oxidation sites excluding steroid dienone is 3. The molecule has 0 aromatic carbocycles. The Morgan fingerprint density at radius 2 is 1.74 bits per heavy atom. The van der Waals surface area contributed by atoms with Crippen LogP contribution in [0.4, 0.5) is 4.79 Å². The molecule has 96 valence electrons. The maximum Gasteiger partial charge on any atom is 0.423 e. The number of imide groups is 3. The van der Waals surface area contributed by atoms with Gasteiger partial charge in [-0.1, -0.05) is 6.08 Å². The molecule has 1 aliphatic heterocycles. The van der Waals surface area contributed by atoms with Gasteiger partial charge in [0.25, 0.3) is 11.8 Å². The van der Waals surface area contributed by atoms with Crippen molar-refractivity contribution in [2.45, 2.75) is 0 Å². The van der Waals surface area contributed by atoms with Crippen LogP contribution in [-0.4, -0.2) is 41.5 Å². The fourth-order valence-electron chi connectivity index (χ4n) is 1.62. The number of ether oxygens (including phenoxy) is 1. The van der Waals surface area contributed by atoms with E-state index in [1.165, 1.54) is 6.08 Å². The van der Waals surface area contributed by atoms with Crippen molar-refractivity contribution in [1.29, 1.82) is 0 Å². The fraction of sp³-hybridized carbons (Fsp3) is 0.0833. The summed E-state index contributed by atoms with van der Waals surface area (Å²) in [5, 5.41) is 0. The molecule has 0 unspecified atom stereocenters. The summed E-state index contributed by atoms with van der Waals surface area (Å²) in [6, 6.07) is 0. The fourth-order valence-corrected chi connectivity index (χ4v) is 1.62. The topological polar surface area (TPSA) is 97.8 Å². The molecular formula is C12H7NO6. The maximum atomic E-state index is 11.9. The van der Waals surface area contributed by atoms with Crippen molar-refractivity contribution in [1.82, 2.24) is 4.90 Å². The summed E-state index contributed by atoms with van der Waals surface area (Å²) >= 11 is 0. The van der Waals surface area contributed by atoms with Crippen LogP contribution in [-0.2, 0) is 23.9 Å². The lowest BCUT2D eigenvalue weighted by atomic mass is 9.98. The molecule has 2 aliphatic rings. The zero-order chi connectivity index (χ0) is 14.2. The number of hydrogen-bond donors (Lipinski definition) is 0. The Morgan fingerprint density at radius 3 is 2.32 bits per heavy atom. The van der Waals surface area contributed by atoms with E-state index in [-0.39, 0.29) is 11.1 Å². The van der Waals surface area contributed by atoms with Crippen LogP contribution in [0.5, 0.6) is 0 Å². The molecule has 0 N–H and O–H groups in total. The highest BCUT2D eigenvalue weighted by Gasteiger charge is 2.38. The largest absolute Gasteiger partial charge is 0.452 e. The van der Waals surface area contributed by atoms with Crippen molar-refractivity contribution in [3.63, 3.8) is 0 Å². The Kier molecular flexibility index (Phi) is 2.95. The highest BCUT2D eigenvalue weighted by atomic mass is 16.5. The van der Waals surface area contributed by atoms with Crippen molar-refractivity contribution in [3.8, 4) is 0 Å². The molecule has 0 aromatic rings. The minimum Gasteiger partial charge on any atom is -0.452 e. The first-order chi connectivity index (χ1) is 8.95. The molecule has 0 radical (unpaired) electrons. The molecule has 1 heterocycles. The summed E-state index contributed by atoms with van der Waals surface area (Å²) in [6.07, 6.45) is 2.99. The summed E-state index contributed by atoms with van der Waals surface area (Å²) in [5.74, 6) is -3.26. The molecule has 0 saturated carbocycles. The second-order valence-corrected chi connectivity index (χ2v) is 3.67. The first kappa shape index (κ1) is 12.6. The van der Waals surface area contributed by atoms with Gasteiger partial charge in [-0.05, 0) is 17.7 Å². The van der Waals surface area contributed by atoms with E-state index in [9.17, 15) is 24.0 Å². The minimum atomic E-state index is -1.11. The van der Waals surface area contributed by atoms with Gasteiger partial charge < -0.3 is 4.74 Å². The number of carbonyl (C=O) groups excluding carboxylic acids is 5. The molecule has 1 aliphatic carbocycles. The lowest BCUT2D eigenvalue weighted by Crippen LogP contribution is -2.37. The van der Waals surface area contributed by atoms with E-state index < -0.39 is 29.5 Å². The Balaban J connectivity index is 2.34. The van der Waals surface area contributed by atoms with Gasteiger partial charge in [0, 0.05) is 6.08 Å². The summed E-state index contributed by atoms with van der Waals surface area (Å²) in [7, 11) is 1.03. The summed E-state index contributed by atoms with van der Waals surface area (Å²) in [6.45, 7) is 0. The number of amides is 3. The first-order valence-electron chi connectivity index (χ1n) is 5.12. The molecule has 0 spiro atoms. The molecule has 19 heavy (non-hydrogen) atoms. The van der Waals surface area contributed by atoms with Crippen molar-refractivity contribution in [3.05, 3.63) is 35.5 Å². The predicted octanol–water partition coefficient (Wildman–Crippen LogP) is -0.318. The van der Waals surface area contributed by atoms with Crippen LogP contribution in [0.1, 0.15) is 0 Å². The van der Waals surface area contributed by atoms with Gasteiger partial charge in [0.15, 0.2) is 0 Å². The highest BCUT2D eigenvalue weighted by molar-refractivity contribution is 6.47. The third kappa shape index (κ3) is 2.01. The van der Waals surface area contributed by atoms with E-state index in [0.29, 0.717) is 4.90 Å². The lowest BCUT2D eigenvalue weighted by Gasteiger charge is -2.11. The molecule has 0 saturated heterocycles. The van der Waals surface area contributed by atoms with Gasteiger partial charge in [0.05, 0.1) is 12.7 Å². The molecule has 2 rings (SSSR count). The van der Waals surface area contributed by atoms with Gasteiger partial charge in [-0.2, -0.15) is 4.90 Å². The zero-order valence-corrected chi connectivity index (χ0v) is 9.71. The van der Waals surface area contributed by atoms with Crippen LogP contribution < -0.4 is 0 Å². The van der Waals surface area contributed by atoms with Crippen LogP contribution in [0.25, 0.3) is 0 Å². The number of nitrogens with zero attached hydrogens (tertiary/aromatic N) is 1. The summed E-state index contributed by atoms with van der Waals surface area (Å²) < 4.78 is 4.30. The monoisotopic (exact) mass is 261 g/mol. The van der Waals surface area contributed by atoms with Gasteiger partial charge in [-0.3, -0.25) is 19.2 Å². The Morgan fingerprint density at radius 1 is 1.05 bits per heavy atom. The first-order valence-corrected chi connectivity index (χ1v) is 5.12. The van der Waals surface area contributed by atoms with E-state index in [2.05, 4.69) is 4.74 Å². The van der Waals surface area contributed by atoms with E-state index in [1.54, 1.807) is 0 Å². The predicted molar refractivity (Wildman–Crippen MR) is 59.6 cm³/mol. The van der Waals surface area contributed by atoms with E-state index >= 15 is 0 Å². The van der Waals surface area contributed by atoms with Crippen LogP contribution in [0.2, 0.25) is 0 Å². The molecule has 7 nitrogen and oxygen atoms in total. The summed E-state index contributed by atoms with van der Waals surface area (Å²) in [4.78, 5) is 57.1. The van der Waals surface area contributed by atoms with Gasteiger partial charge >= 0.3 is 6.09 Å². The van der Waals surface area contributed by atoms with Crippen LogP contribution >= 0.6 is 0 Å².